The van der Waals surface area contributed by atoms with Gasteiger partial charge in [0.25, 0.3) is 11.6 Å². The van der Waals surface area contributed by atoms with Gasteiger partial charge in [0.1, 0.15) is 11.1 Å². The lowest BCUT2D eigenvalue weighted by atomic mass is 10.0. The molecule has 3 N–H and O–H groups in total. The third-order valence-electron chi connectivity index (χ3n) is 4.66. The van der Waals surface area contributed by atoms with E-state index in [4.69, 9.17) is 11.6 Å². The monoisotopic (exact) mass is 410 g/mol. The van der Waals surface area contributed by atoms with Crippen molar-refractivity contribution in [1.82, 2.24) is 0 Å². The van der Waals surface area contributed by atoms with Crippen LogP contribution in [0, 0.1) is 10.1 Å². The molecule has 0 unspecified atom stereocenters. The van der Waals surface area contributed by atoms with Crippen LogP contribution in [0.25, 0.3) is 0 Å². The zero-order chi connectivity index (χ0) is 20.8. The third kappa shape index (κ3) is 5.19. The van der Waals surface area contributed by atoms with E-state index in [-0.39, 0.29) is 22.7 Å². The van der Waals surface area contributed by atoms with Gasteiger partial charge in [0.2, 0.25) is 0 Å². The number of amides is 1. The van der Waals surface area contributed by atoms with Crippen LogP contribution in [0.15, 0.2) is 78.9 Å². The molecule has 148 valence electrons. The Labute approximate surface area is 173 Å². The summed E-state index contributed by atoms with van der Waals surface area (Å²) >= 11 is 5.86. The number of carbonyl (C=O) groups is 1. The number of nitro benzene ring substituents is 1. The Morgan fingerprint density at radius 1 is 1.00 bits per heavy atom. The first-order valence-electron chi connectivity index (χ1n) is 9.15. The molecular weight excluding hydrogens is 390 g/mol. The number of carbonyl (C=O) groups excluding carboxylic acids is 1. The Balaban J connectivity index is 1.85. The molecule has 1 amide bonds. The Kier molecular flexibility index (Phi) is 6.59. The molecule has 3 rings (SSSR count). The Bertz CT molecular complexity index is 997. The van der Waals surface area contributed by atoms with E-state index in [0.717, 1.165) is 11.1 Å². The number of rotatable bonds is 7. The normalized spacial score (nSPS) is 12.8. The molecule has 29 heavy (non-hydrogen) atoms. The highest BCUT2D eigenvalue weighted by atomic mass is 35.5. The summed E-state index contributed by atoms with van der Waals surface area (Å²) in [6, 6.07) is 23.1. The molecule has 2 atom stereocenters. The smallest absolute Gasteiger partial charge is 0.289 e. The number of benzene rings is 3. The Morgan fingerprint density at radius 3 is 2.17 bits per heavy atom. The maximum absolute atomic E-state index is 13.1. The fraction of sp³-hybridized carbons (Fsp3) is 0.136. The topological polar surface area (TPSA) is 88.8 Å². The molecular formula is C22H21ClN3O3+. The Hall–Kier alpha value is -3.22. The second-order valence-corrected chi connectivity index (χ2v) is 7.10. The molecule has 0 spiro atoms. The molecule has 0 aliphatic rings. The fourth-order valence-corrected chi connectivity index (χ4v) is 3.30. The van der Waals surface area contributed by atoms with E-state index in [1.54, 1.807) is 6.07 Å². The highest BCUT2D eigenvalue weighted by molar-refractivity contribution is 6.32. The molecule has 0 aliphatic heterocycles. The minimum Gasteiger partial charge on any atom is -0.326 e. The van der Waals surface area contributed by atoms with Gasteiger partial charge in [-0.2, -0.15) is 0 Å². The van der Waals surface area contributed by atoms with Gasteiger partial charge < -0.3 is 10.6 Å². The van der Waals surface area contributed by atoms with Crippen molar-refractivity contribution >= 4 is 28.9 Å². The van der Waals surface area contributed by atoms with Crippen LogP contribution in [0.2, 0.25) is 5.02 Å². The van der Waals surface area contributed by atoms with E-state index in [2.05, 4.69) is 5.32 Å². The second kappa shape index (κ2) is 9.32. The summed E-state index contributed by atoms with van der Waals surface area (Å²) in [7, 11) is 0. The van der Waals surface area contributed by atoms with Crippen LogP contribution in [0.1, 0.15) is 30.1 Å². The van der Waals surface area contributed by atoms with E-state index in [1.807, 2.05) is 72.9 Å². The number of nitrogens with one attached hydrogen (secondary N) is 1. The average Bonchev–Trinajstić information content (AvgIpc) is 2.74. The first kappa shape index (κ1) is 20.5. The fourth-order valence-electron chi connectivity index (χ4n) is 3.12. The second-order valence-electron chi connectivity index (χ2n) is 6.69. The van der Waals surface area contributed by atoms with Crippen molar-refractivity contribution in [2.24, 2.45) is 0 Å². The molecule has 0 heterocycles. The van der Waals surface area contributed by atoms with Crippen LogP contribution >= 0.6 is 11.6 Å². The SMILES string of the molecule is C[C@H]([NH2+][C@H](C(=O)Nc1ccc(Cl)c([N+](=O)[O-])c1)c1ccccc1)c1ccccc1. The van der Waals surface area contributed by atoms with Gasteiger partial charge in [-0.25, -0.2) is 0 Å². The number of nitro groups is 1. The lowest BCUT2D eigenvalue weighted by Crippen LogP contribution is -2.87. The molecule has 0 aromatic heterocycles. The minimum absolute atomic E-state index is 0.0249. The molecule has 0 aliphatic carbocycles. The van der Waals surface area contributed by atoms with Crippen LogP contribution in [-0.4, -0.2) is 10.8 Å². The Morgan fingerprint density at radius 2 is 1.59 bits per heavy atom. The first-order valence-corrected chi connectivity index (χ1v) is 9.53. The lowest BCUT2D eigenvalue weighted by molar-refractivity contribution is -0.718. The van der Waals surface area contributed by atoms with Crippen molar-refractivity contribution in [2.45, 2.75) is 19.0 Å². The van der Waals surface area contributed by atoms with Crippen LogP contribution in [0.4, 0.5) is 11.4 Å². The van der Waals surface area contributed by atoms with Crippen LogP contribution in [0.5, 0.6) is 0 Å². The standard InChI is InChI=1S/C22H20ClN3O3/c1-15(16-8-4-2-5-9-16)24-21(17-10-6-3-7-11-17)22(27)25-18-12-13-19(23)20(14-18)26(28)29/h2-15,21,24H,1H3,(H,25,27)/p+1/t15-,21-/m0/s1. The summed E-state index contributed by atoms with van der Waals surface area (Å²) in [5, 5.41) is 15.9. The summed E-state index contributed by atoms with van der Waals surface area (Å²) in [5.41, 5.74) is 2.02. The molecule has 6 nitrogen and oxygen atoms in total. The highest BCUT2D eigenvalue weighted by Crippen LogP contribution is 2.27. The summed E-state index contributed by atoms with van der Waals surface area (Å²) in [6.45, 7) is 2.03. The van der Waals surface area contributed by atoms with E-state index in [1.165, 1.54) is 12.1 Å². The number of quaternary nitrogens is 1. The van der Waals surface area contributed by atoms with Crippen LogP contribution in [0.3, 0.4) is 0 Å². The van der Waals surface area contributed by atoms with Gasteiger partial charge in [-0.05, 0) is 19.1 Å². The van der Waals surface area contributed by atoms with E-state index >= 15 is 0 Å². The summed E-state index contributed by atoms with van der Waals surface area (Å²) in [6.07, 6.45) is 0. The number of nitrogens with zero attached hydrogens (tertiary/aromatic N) is 1. The first-order chi connectivity index (χ1) is 14.0. The summed E-state index contributed by atoms with van der Waals surface area (Å²) in [4.78, 5) is 23.6. The van der Waals surface area contributed by atoms with Gasteiger partial charge in [0.05, 0.1) is 4.92 Å². The number of nitrogens with two attached hydrogens (primary N) is 1. The largest absolute Gasteiger partial charge is 0.326 e. The number of anilines is 1. The lowest BCUT2D eigenvalue weighted by Gasteiger charge is -2.20. The van der Waals surface area contributed by atoms with E-state index in [0.29, 0.717) is 5.69 Å². The predicted octanol–water partition coefficient (Wildman–Crippen LogP) is 4.25. The van der Waals surface area contributed by atoms with Gasteiger partial charge >= 0.3 is 0 Å². The number of halogens is 1. The van der Waals surface area contributed by atoms with Crippen molar-refractivity contribution in [3.05, 3.63) is 105 Å². The quantitative estimate of drug-likeness (QED) is 0.450. The highest BCUT2D eigenvalue weighted by Gasteiger charge is 2.27. The van der Waals surface area contributed by atoms with Crippen molar-refractivity contribution in [2.75, 3.05) is 5.32 Å². The van der Waals surface area contributed by atoms with Gasteiger partial charge in [-0.3, -0.25) is 14.9 Å². The maximum atomic E-state index is 13.1. The van der Waals surface area contributed by atoms with Crippen LogP contribution < -0.4 is 10.6 Å². The molecule has 0 bridgehead atoms. The zero-order valence-corrected chi connectivity index (χ0v) is 16.5. The maximum Gasteiger partial charge on any atom is 0.289 e. The summed E-state index contributed by atoms with van der Waals surface area (Å²) < 4.78 is 0. The summed E-state index contributed by atoms with van der Waals surface area (Å²) in [5.74, 6) is -0.268. The molecule has 0 saturated heterocycles. The van der Waals surface area contributed by atoms with Gasteiger partial charge in [-0.1, -0.05) is 72.3 Å². The molecule has 0 radical (unpaired) electrons. The molecule has 3 aromatic carbocycles. The van der Waals surface area contributed by atoms with Crippen molar-refractivity contribution in [3.8, 4) is 0 Å². The van der Waals surface area contributed by atoms with Gasteiger partial charge in [-0.15, -0.1) is 0 Å². The van der Waals surface area contributed by atoms with Crippen LogP contribution in [-0.2, 0) is 4.79 Å². The van der Waals surface area contributed by atoms with Crippen molar-refractivity contribution in [3.63, 3.8) is 0 Å². The minimum atomic E-state index is -0.573. The molecule has 0 saturated carbocycles. The average molecular weight is 411 g/mol. The van der Waals surface area contributed by atoms with E-state index in [9.17, 15) is 14.9 Å². The number of hydrogen-bond acceptors (Lipinski definition) is 3. The molecule has 7 heteroatoms. The number of hydrogen-bond donors (Lipinski definition) is 2. The van der Waals surface area contributed by atoms with Crippen molar-refractivity contribution < 1.29 is 15.0 Å². The molecule has 3 aromatic rings. The predicted molar refractivity (Wildman–Crippen MR) is 113 cm³/mol. The van der Waals surface area contributed by atoms with Gasteiger partial charge in [0.15, 0.2) is 6.04 Å². The third-order valence-corrected chi connectivity index (χ3v) is 4.98. The molecule has 0 fully saturated rings. The van der Waals surface area contributed by atoms with E-state index < -0.39 is 11.0 Å². The van der Waals surface area contributed by atoms with Crippen molar-refractivity contribution in [1.29, 1.82) is 0 Å². The van der Waals surface area contributed by atoms with Gasteiger partial charge in [0, 0.05) is 22.9 Å². The zero-order valence-electron chi connectivity index (χ0n) is 15.8.